The molecule has 0 saturated heterocycles. The first-order valence-corrected chi connectivity index (χ1v) is 10.5. The number of carbonyl (C=O) groups excluding carboxylic acids is 2. The lowest BCUT2D eigenvalue weighted by Crippen LogP contribution is -2.35. The van der Waals surface area contributed by atoms with Crippen molar-refractivity contribution < 1.29 is 43.9 Å². The number of fused-ring (bicyclic) bond motifs is 1. The lowest BCUT2D eigenvalue weighted by atomic mass is 9.94. The van der Waals surface area contributed by atoms with Crippen LogP contribution in [-0.4, -0.2) is 53.6 Å². The molecule has 3 N–H and O–H groups in total. The van der Waals surface area contributed by atoms with E-state index in [1.807, 2.05) is 6.07 Å². The molecular formula is C24H28O9. The van der Waals surface area contributed by atoms with E-state index in [0.717, 1.165) is 11.1 Å². The number of ketones is 1. The number of esters is 1. The lowest BCUT2D eigenvalue weighted by molar-refractivity contribution is -0.419. The normalized spacial score (nSPS) is 13.5. The predicted molar refractivity (Wildman–Crippen MR) is 117 cm³/mol. The first kappa shape index (κ1) is 24.5. The van der Waals surface area contributed by atoms with Crippen molar-refractivity contribution in [1.82, 2.24) is 0 Å². The molecule has 3 rings (SSSR count). The number of hydrogen-bond donors (Lipinski definition) is 3. The maximum absolute atomic E-state index is 12.3. The van der Waals surface area contributed by atoms with Gasteiger partial charge in [0.05, 0.1) is 19.1 Å². The van der Waals surface area contributed by atoms with Crippen molar-refractivity contribution in [3.05, 3.63) is 41.5 Å². The molecule has 0 atom stereocenters. The minimum absolute atomic E-state index is 0.0318. The van der Waals surface area contributed by atoms with Crippen LogP contribution in [0.2, 0.25) is 0 Å². The van der Waals surface area contributed by atoms with Crippen LogP contribution in [-0.2, 0) is 16.0 Å². The molecule has 0 bridgehead atoms. The summed E-state index contributed by atoms with van der Waals surface area (Å²) in [6.45, 7) is 5.15. The SMILES string of the molecule is CCOC(=O)C(C)(C)COc1c(-c2cccc3c2CCC3=O)ccc(OC(O)(O)O)c1OC. The van der Waals surface area contributed by atoms with Gasteiger partial charge in [0.1, 0.15) is 6.61 Å². The van der Waals surface area contributed by atoms with E-state index in [-0.39, 0.29) is 36.2 Å². The second-order valence-electron chi connectivity index (χ2n) is 8.30. The van der Waals surface area contributed by atoms with Crippen LogP contribution < -0.4 is 14.2 Å². The van der Waals surface area contributed by atoms with Crippen LogP contribution in [0.25, 0.3) is 11.1 Å². The van der Waals surface area contributed by atoms with E-state index in [9.17, 15) is 24.9 Å². The molecule has 0 amide bonds. The molecule has 9 heteroatoms. The zero-order valence-electron chi connectivity index (χ0n) is 19.0. The predicted octanol–water partition coefficient (Wildman–Crippen LogP) is 2.43. The van der Waals surface area contributed by atoms with Crippen LogP contribution in [0, 0.1) is 5.41 Å². The number of carbonyl (C=O) groups is 2. The van der Waals surface area contributed by atoms with Gasteiger partial charge in [-0.25, -0.2) is 0 Å². The van der Waals surface area contributed by atoms with Gasteiger partial charge < -0.3 is 34.3 Å². The second-order valence-corrected chi connectivity index (χ2v) is 8.30. The molecular weight excluding hydrogens is 432 g/mol. The summed E-state index contributed by atoms with van der Waals surface area (Å²) >= 11 is 0. The number of aliphatic hydroxyl groups is 3. The van der Waals surface area contributed by atoms with E-state index in [0.29, 0.717) is 24.0 Å². The van der Waals surface area contributed by atoms with Crippen molar-refractivity contribution in [2.75, 3.05) is 20.3 Å². The molecule has 1 aliphatic rings. The zero-order chi connectivity index (χ0) is 24.4. The number of rotatable bonds is 9. The molecule has 2 aromatic rings. The summed E-state index contributed by atoms with van der Waals surface area (Å²) in [5.41, 5.74) is 1.75. The molecule has 2 aromatic carbocycles. The monoisotopic (exact) mass is 460 g/mol. The number of ether oxygens (including phenoxy) is 4. The molecule has 0 aromatic heterocycles. The Labute approximate surface area is 191 Å². The van der Waals surface area contributed by atoms with Crippen molar-refractivity contribution in [2.45, 2.75) is 39.8 Å². The van der Waals surface area contributed by atoms with E-state index in [4.69, 9.17) is 18.9 Å². The van der Waals surface area contributed by atoms with Gasteiger partial charge in [-0.1, -0.05) is 18.2 Å². The molecule has 0 fully saturated rings. The van der Waals surface area contributed by atoms with Crippen molar-refractivity contribution in [2.24, 2.45) is 5.41 Å². The van der Waals surface area contributed by atoms with Gasteiger partial charge in [-0.05, 0) is 50.5 Å². The quantitative estimate of drug-likeness (QED) is 0.381. The Morgan fingerprint density at radius 3 is 2.33 bits per heavy atom. The highest BCUT2D eigenvalue weighted by atomic mass is 16.9. The first-order valence-electron chi connectivity index (χ1n) is 10.5. The molecule has 9 nitrogen and oxygen atoms in total. The molecule has 0 unspecified atom stereocenters. The van der Waals surface area contributed by atoms with Crippen LogP contribution in [0.5, 0.6) is 17.2 Å². The first-order chi connectivity index (χ1) is 15.5. The van der Waals surface area contributed by atoms with Gasteiger partial charge in [-0.2, -0.15) is 0 Å². The largest absolute Gasteiger partial charge is 0.490 e. The van der Waals surface area contributed by atoms with Gasteiger partial charge in [-0.15, -0.1) is 0 Å². The Hall–Kier alpha value is -3.14. The molecule has 0 radical (unpaired) electrons. The van der Waals surface area contributed by atoms with Gasteiger partial charge in [0.25, 0.3) is 0 Å². The highest BCUT2D eigenvalue weighted by Crippen LogP contribution is 2.47. The molecule has 0 aliphatic heterocycles. The fourth-order valence-electron chi connectivity index (χ4n) is 3.70. The molecule has 0 saturated carbocycles. The fourth-order valence-corrected chi connectivity index (χ4v) is 3.70. The summed E-state index contributed by atoms with van der Waals surface area (Å²) in [6, 6.07) is 8.34. The third-order valence-corrected chi connectivity index (χ3v) is 5.30. The fraction of sp³-hybridized carbons (Fsp3) is 0.417. The zero-order valence-corrected chi connectivity index (χ0v) is 19.0. The molecule has 33 heavy (non-hydrogen) atoms. The Bertz CT molecular complexity index is 1050. The van der Waals surface area contributed by atoms with Crippen molar-refractivity contribution in [3.63, 3.8) is 0 Å². The van der Waals surface area contributed by atoms with Gasteiger partial charge in [0, 0.05) is 17.5 Å². The average molecular weight is 460 g/mol. The van der Waals surface area contributed by atoms with Crippen molar-refractivity contribution in [3.8, 4) is 28.4 Å². The smallest absolute Gasteiger partial charge is 0.453 e. The van der Waals surface area contributed by atoms with Gasteiger partial charge in [0.2, 0.25) is 5.75 Å². The molecule has 0 spiro atoms. The maximum atomic E-state index is 12.3. The number of benzene rings is 2. The van der Waals surface area contributed by atoms with Gasteiger partial charge in [0.15, 0.2) is 17.3 Å². The molecule has 0 heterocycles. The van der Waals surface area contributed by atoms with Crippen molar-refractivity contribution in [1.29, 1.82) is 0 Å². The Kier molecular flexibility index (Phi) is 6.97. The van der Waals surface area contributed by atoms with Crippen LogP contribution in [0.1, 0.15) is 43.1 Å². The average Bonchev–Trinajstić information content (AvgIpc) is 3.12. The summed E-state index contributed by atoms with van der Waals surface area (Å²) in [5, 5.41) is 27.9. The molecule has 1 aliphatic carbocycles. The Balaban J connectivity index is 2.12. The van der Waals surface area contributed by atoms with E-state index >= 15 is 0 Å². The van der Waals surface area contributed by atoms with Gasteiger partial charge >= 0.3 is 12.1 Å². The van der Waals surface area contributed by atoms with Crippen LogP contribution in [0.4, 0.5) is 0 Å². The highest BCUT2D eigenvalue weighted by Gasteiger charge is 2.33. The summed E-state index contributed by atoms with van der Waals surface area (Å²) in [5.74, 6) is -0.499. The van der Waals surface area contributed by atoms with E-state index in [1.54, 1.807) is 39.0 Å². The second kappa shape index (κ2) is 9.38. The van der Waals surface area contributed by atoms with E-state index in [2.05, 4.69) is 0 Å². The van der Waals surface area contributed by atoms with Gasteiger partial charge in [-0.3, -0.25) is 9.59 Å². The lowest BCUT2D eigenvalue weighted by Gasteiger charge is -2.26. The third kappa shape index (κ3) is 5.27. The summed E-state index contributed by atoms with van der Waals surface area (Å²) in [7, 11) is 1.32. The van der Waals surface area contributed by atoms with Crippen LogP contribution in [0.3, 0.4) is 0 Å². The summed E-state index contributed by atoms with van der Waals surface area (Å²) in [4.78, 5) is 24.6. The number of hydrogen-bond acceptors (Lipinski definition) is 9. The summed E-state index contributed by atoms with van der Waals surface area (Å²) < 4.78 is 21.4. The minimum atomic E-state index is -3.45. The minimum Gasteiger partial charge on any atom is -0.490 e. The number of methoxy groups -OCH3 is 1. The summed E-state index contributed by atoms with van der Waals surface area (Å²) in [6.07, 6.45) is -2.48. The van der Waals surface area contributed by atoms with Crippen molar-refractivity contribution >= 4 is 11.8 Å². The number of Topliss-reactive ketones (excluding diaryl/α,β-unsaturated/α-hetero) is 1. The highest BCUT2D eigenvalue weighted by molar-refractivity contribution is 6.02. The maximum Gasteiger partial charge on any atom is 0.453 e. The Morgan fingerprint density at radius 1 is 1.00 bits per heavy atom. The van der Waals surface area contributed by atoms with Crippen LogP contribution in [0.15, 0.2) is 30.3 Å². The Morgan fingerprint density at radius 2 is 1.70 bits per heavy atom. The van der Waals surface area contributed by atoms with E-state index in [1.165, 1.54) is 13.2 Å². The third-order valence-electron chi connectivity index (χ3n) is 5.30. The molecule has 178 valence electrons. The standard InChI is InChI=1S/C24H28O9/c1-5-31-22(26)23(2,3)13-32-20-17(10-12-19(21(20)30-4)33-24(27,28)29)14-7-6-8-16-15(14)9-11-18(16)25/h6-8,10,12,27-29H,5,9,11,13H2,1-4H3. The van der Waals surface area contributed by atoms with E-state index < -0.39 is 17.5 Å². The topological polar surface area (TPSA) is 132 Å². The van der Waals surface area contributed by atoms with Crippen LogP contribution >= 0.6 is 0 Å².